The molecule has 21 heavy (non-hydrogen) atoms. The Kier molecular flexibility index (Phi) is 3.37. The molecule has 0 saturated heterocycles. The van der Waals surface area contributed by atoms with Crippen LogP contribution in [0.1, 0.15) is 39.9 Å². The standard InChI is InChI=1S/C14H13ClN2O3S/c1-5-7(3)21-13-10(5)14(15)16-8(4-9(18)19)12-11(13)6(2)17-20-12/h8H,4H2,1-3H3,(H,18,19)/t8-/m0/s1. The van der Waals surface area contributed by atoms with Crippen molar-refractivity contribution in [3.8, 4) is 10.4 Å². The quantitative estimate of drug-likeness (QED) is 0.910. The molecule has 2 aromatic heterocycles. The lowest BCUT2D eigenvalue weighted by atomic mass is 10.0. The van der Waals surface area contributed by atoms with E-state index in [1.54, 1.807) is 11.3 Å². The van der Waals surface area contributed by atoms with Gasteiger partial charge in [0, 0.05) is 10.4 Å². The van der Waals surface area contributed by atoms with Crippen LogP contribution in [0, 0.1) is 20.8 Å². The zero-order chi connectivity index (χ0) is 15.3. The van der Waals surface area contributed by atoms with Crippen molar-refractivity contribution >= 4 is 34.1 Å². The van der Waals surface area contributed by atoms with Gasteiger partial charge < -0.3 is 9.63 Å². The molecule has 5 nitrogen and oxygen atoms in total. The second-order valence-electron chi connectivity index (χ2n) is 5.03. The Bertz CT molecular complexity index is 776. The molecule has 0 fully saturated rings. The first kappa shape index (κ1) is 14.3. The molecule has 0 amide bonds. The van der Waals surface area contributed by atoms with Gasteiger partial charge in [-0.2, -0.15) is 0 Å². The van der Waals surface area contributed by atoms with Crippen LogP contribution in [-0.2, 0) is 4.79 Å². The van der Waals surface area contributed by atoms with Crippen LogP contribution in [0.5, 0.6) is 0 Å². The molecule has 0 saturated carbocycles. The van der Waals surface area contributed by atoms with Crippen LogP contribution in [0.25, 0.3) is 10.4 Å². The van der Waals surface area contributed by atoms with E-state index in [1.807, 2.05) is 20.8 Å². The van der Waals surface area contributed by atoms with Crippen LogP contribution < -0.4 is 0 Å². The molecule has 3 heterocycles. The molecule has 110 valence electrons. The van der Waals surface area contributed by atoms with Gasteiger partial charge in [-0.3, -0.25) is 9.79 Å². The van der Waals surface area contributed by atoms with E-state index in [9.17, 15) is 4.79 Å². The number of carbonyl (C=O) groups is 1. The number of aromatic nitrogens is 1. The van der Waals surface area contributed by atoms with E-state index in [0.29, 0.717) is 10.9 Å². The summed E-state index contributed by atoms with van der Waals surface area (Å²) in [6.45, 7) is 5.85. The fraction of sp³-hybridized carbons (Fsp3) is 0.357. The van der Waals surface area contributed by atoms with Gasteiger partial charge in [0.1, 0.15) is 11.2 Å². The molecule has 0 radical (unpaired) electrons. The molecule has 0 aliphatic carbocycles. The largest absolute Gasteiger partial charge is 0.481 e. The van der Waals surface area contributed by atoms with Crippen LogP contribution >= 0.6 is 22.9 Å². The smallest absolute Gasteiger partial charge is 0.306 e. The van der Waals surface area contributed by atoms with Gasteiger partial charge in [-0.1, -0.05) is 16.8 Å². The predicted molar refractivity (Wildman–Crippen MR) is 81.4 cm³/mol. The van der Waals surface area contributed by atoms with Gasteiger partial charge in [0.15, 0.2) is 5.76 Å². The van der Waals surface area contributed by atoms with E-state index in [2.05, 4.69) is 10.1 Å². The van der Waals surface area contributed by atoms with Crippen molar-refractivity contribution < 1.29 is 14.4 Å². The Hall–Kier alpha value is -1.66. The average molecular weight is 325 g/mol. The van der Waals surface area contributed by atoms with Crippen molar-refractivity contribution in [3.63, 3.8) is 0 Å². The number of hydrogen-bond donors (Lipinski definition) is 1. The van der Waals surface area contributed by atoms with E-state index >= 15 is 0 Å². The SMILES string of the molecule is Cc1noc2c1-c1sc(C)c(C)c1C(Cl)=N[C@H]2CC(=O)O. The maximum Gasteiger partial charge on any atom is 0.306 e. The number of rotatable bonds is 2. The molecular formula is C14H13ClN2O3S. The Morgan fingerprint density at radius 2 is 2.10 bits per heavy atom. The van der Waals surface area contributed by atoms with Crippen molar-refractivity contribution in [2.45, 2.75) is 33.2 Å². The second-order valence-corrected chi connectivity index (χ2v) is 6.61. The first-order chi connectivity index (χ1) is 9.90. The molecule has 3 rings (SSSR count). The summed E-state index contributed by atoms with van der Waals surface area (Å²) in [5.41, 5.74) is 3.48. The minimum atomic E-state index is -0.952. The number of nitrogens with zero attached hydrogens (tertiary/aromatic N) is 2. The van der Waals surface area contributed by atoms with Gasteiger partial charge in [-0.05, 0) is 26.3 Å². The molecule has 1 atom stereocenters. The first-order valence-corrected chi connectivity index (χ1v) is 7.61. The van der Waals surface area contributed by atoms with Crippen molar-refractivity contribution in [3.05, 3.63) is 27.5 Å². The Morgan fingerprint density at radius 3 is 2.76 bits per heavy atom. The molecule has 0 unspecified atom stereocenters. The Balaban J connectivity index is 2.30. The highest BCUT2D eigenvalue weighted by atomic mass is 35.5. The molecule has 1 aliphatic rings. The lowest BCUT2D eigenvalue weighted by Gasteiger charge is -2.06. The second kappa shape index (κ2) is 4.96. The van der Waals surface area contributed by atoms with Crippen molar-refractivity contribution in [1.82, 2.24) is 5.16 Å². The molecule has 0 spiro atoms. The molecule has 1 aliphatic heterocycles. The monoisotopic (exact) mass is 324 g/mol. The number of carboxylic acid groups (broad SMARTS) is 1. The molecule has 1 N–H and O–H groups in total. The van der Waals surface area contributed by atoms with E-state index in [-0.39, 0.29) is 6.42 Å². The van der Waals surface area contributed by atoms with Crippen LogP contribution in [0.2, 0.25) is 0 Å². The Labute approximate surface area is 130 Å². The number of aryl methyl sites for hydroxylation is 2. The normalized spacial score (nSPS) is 17.0. The first-order valence-electron chi connectivity index (χ1n) is 6.42. The number of carboxylic acids is 1. The summed E-state index contributed by atoms with van der Waals surface area (Å²) in [4.78, 5) is 17.5. The van der Waals surface area contributed by atoms with Gasteiger partial charge >= 0.3 is 5.97 Å². The summed E-state index contributed by atoms with van der Waals surface area (Å²) in [6.07, 6.45) is -0.176. The van der Waals surface area contributed by atoms with Gasteiger partial charge in [-0.15, -0.1) is 11.3 Å². The Morgan fingerprint density at radius 1 is 1.38 bits per heavy atom. The van der Waals surface area contributed by atoms with Crippen LogP contribution in [0.15, 0.2) is 9.52 Å². The summed E-state index contributed by atoms with van der Waals surface area (Å²) < 4.78 is 5.36. The summed E-state index contributed by atoms with van der Waals surface area (Å²) in [6, 6.07) is -0.648. The van der Waals surface area contributed by atoms with Gasteiger partial charge in [0.25, 0.3) is 0 Å². The highest BCUT2D eigenvalue weighted by Gasteiger charge is 2.33. The number of fused-ring (bicyclic) bond motifs is 3. The van der Waals surface area contributed by atoms with Gasteiger partial charge in [-0.25, -0.2) is 0 Å². The fourth-order valence-corrected chi connectivity index (χ4v) is 4.18. The third-order valence-electron chi connectivity index (χ3n) is 3.65. The van der Waals surface area contributed by atoms with E-state index < -0.39 is 12.0 Å². The topological polar surface area (TPSA) is 75.7 Å². The maximum absolute atomic E-state index is 11.1. The minimum Gasteiger partial charge on any atom is -0.481 e. The number of hydrogen-bond acceptors (Lipinski definition) is 5. The minimum absolute atomic E-state index is 0.176. The third kappa shape index (κ3) is 2.18. The summed E-state index contributed by atoms with van der Waals surface area (Å²) in [5.74, 6) is -0.473. The average Bonchev–Trinajstić information content (AvgIpc) is 2.86. The third-order valence-corrected chi connectivity index (χ3v) is 5.16. The van der Waals surface area contributed by atoms with Gasteiger partial charge in [0.05, 0.1) is 22.6 Å². The summed E-state index contributed by atoms with van der Waals surface area (Å²) in [7, 11) is 0. The number of thiophene rings is 1. The maximum atomic E-state index is 11.1. The van der Waals surface area contributed by atoms with Crippen LogP contribution in [0.3, 0.4) is 0 Å². The van der Waals surface area contributed by atoms with E-state index in [4.69, 9.17) is 21.2 Å². The number of aliphatic imine (C=N–C) groups is 1. The summed E-state index contributed by atoms with van der Waals surface area (Å²) in [5, 5.41) is 13.4. The zero-order valence-corrected chi connectivity index (χ0v) is 13.3. The molecule has 0 bridgehead atoms. The van der Waals surface area contributed by atoms with Crippen LogP contribution in [-0.4, -0.2) is 21.4 Å². The van der Waals surface area contributed by atoms with Crippen LogP contribution in [0.4, 0.5) is 0 Å². The molecule has 0 aromatic carbocycles. The predicted octanol–water partition coefficient (Wildman–Crippen LogP) is 3.84. The fourth-order valence-electron chi connectivity index (χ4n) is 2.51. The highest BCUT2D eigenvalue weighted by Crippen LogP contribution is 2.45. The van der Waals surface area contributed by atoms with Crippen molar-refractivity contribution in [1.29, 1.82) is 0 Å². The molecule has 2 aromatic rings. The summed E-state index contributed by atoms with van der Waals surface area (Å²) >= 11 is 7.95. The highest BCUT2D eigenvalue weighted by molar-refractivity contribution is 7.16. The van der Waals surface area contributed by atoms with Gasteiger partial charge in [0.2, 0.25) is 0 Å². The lowest BCUT2D eigenvalue weighted by molar-refractivity contribution is -0.137. The molecular weight excluding hydrogens is 312 g/mol. The van der Waals surface area contributed by atoms with E-state index in [1.165, 1.54) is 0 Å². The lowest BCUT2D eigenvalue weighted by Crippen LogP contribution is -2.05. The van der Waals surface area contributed by atoms with E-state index in [0.717, 1.165) is 32.1 Å². The number of aliphatic carboxylic acids is 1. The van der Waals surface area contributed by atoms with Crippen molar-refractivity contribution in [2.24, 2.45) is 4.99 Å². The number of halogens is 1. The molecule has 7 heteroatoms. The van der Waals surface area contributed by atoms with Crippen molar-refractivity contribution in [2.75, 3.05) is 0 Å². The zero-order valence-electron chi connectivity index (χ0n) is 11.7.